The molecule has 0 spiro atoms. The summed E-state index contributed by atoms with van der Waals surface area (Å²) in [4.78, 5) is 15.6. The minimum atomic E-state index is -0.959. The van der Waals surface area contributed by atoms with Crippen molar-refractivity contribution in [2.24, 2.45) is 0 Å². The zero-order chi connectivity index (χ0) is 15.7. The number of carboxylic acids is 1. The standard InChI is InChI=1S/C15H12ClN3O2S/c1-9-13(15(20)21)22-14(17-9)12-5-6-19(18-12)8-10-3-2-4-11(16)7-10/h2-7H,8H2,1H3,(H,20,21). The molecule has 7 heteroatoms. The van der Waals surface area contributed by atoms with Crippen molar-refractivity contribution in [3.63, 3.8) is 0 Å². The number of rotatable bonds is 4. The van der Waals surface area contributed by atoms with Gasteiger partial charge in [0.05, 0.1) is 12.2 Å². The molecule has 2 heterocycles. The molecule has 0 amide bonds. The fraction of sp³-hybridized carbons (Fsp3) is 0.133. The van der Waals surface area contributed by atoms with Gasteiger partial charge in [-0.15, -0.1) is 11.3 Å². The number of hydrogen-bond donors (Lipinski definition) is 1. The lowest BCUT2D eigenvalue weighted by Crippen LogP contribution is -2.00. The third-order valence-corrected chi connectivity index (χ3v) is 4.49. The Morgan fingerprint density at radius 2 is 2.23 bits per heavy atom. The number of carbonyl (C=O) groups is 1. The summed E-state index contributed by atoms with van der Waals surface area (Å²) in [7, 11) is 0. The van der Waals surface area contributed by atoms with Gasteiger partial charge in [-0.25, -0.2) is 9.78 Å². The van der Waals surface area contributed by atoms with Gasteiger partial charge < -0.3 is 5.11 Å². The van der Waals surface area contributed by atoms with E-state index in [0.29, 0.717) is 28.0 Å². The summed E-state index contributed by atoms with van der Waals surface area (Å²) in [5, 5.41) is 14.8. The summed E-state index contributed by atoms with van der Waals surface area (Å²) >= 11 is 7.10. The Labute approximate surface area is 135 Å². The monoisotopic (exact) mass is 333 g/mol. The summed E-state index contributed by atoms with van der Waals surface area (Å²) in [5.41, 5.74) is 2.23. The molecule has 0 saturated heterocycles. The van der Waals surface area contributed by atoms with Gasteiger partial charge in [-0.1, -0.05) is 23.7 Å². The predicted octanol–water partition coefficient (Wildman–Crippen LogP) is 3.71. The van der Waals surface area contributed by atoms with Crippen molar-refractivity contribution in [3.8, 4) is 10.7 Å². The van der Waals surface area contributed by atoms with Crippen molar-refractivity contribution in [3.05, 3.63) is 57.7 Å². The zero-order valence-electron chi connectivity index (χ0n) is 11.7. The molecule has 0 aliphatic heterocycles. The first-order valence-electron chi connectivity index (χ1n) is 6.52. The van der Waals surface area contributed by atoms with Gasteiger partial charge in [0.25, 0.3) is 0 Å². The summed E-state index contributed by atoms with van der Waals surface area (Å²) in [6, 6.07) is 9.41. The van der Waals surface area contributed by atoms with E-state index in [1.165, 1.54) is 0 Å². The second-order valence-corrected chi connectivity index (χ2v) is 6.20. The number of aromatic carboxylic acids is 1. The molecular formula is C15H12ClN3O2S. The maximum atomic E-state index is 11.1. The highest BCUT2D eigenvalue weighted by Gasteiger charge is 2.16. The van der Waals surface area contributed by atoms with Crippen LogP contribution in [0.3, 0.4) is 0 Å². The molecule has 0 bridgehead atoms. The molecule has 22 heavy (non-hydrogen) atoms. The van der Waals surface area contributed by atoms with E-state index in [4.69, 9.17) is 16.7 Å². The highest BCUT2D eigenvalue weighted by Crippen LogP contribution is 2.26. The second-order valence-electron chi connectivity index (χ2n) is 4.77. The number of carboxylic acid groups (broad SMARTS) is 1. The minimum absolute atomic E-state index is 0.249. The van der Waals surface area contributed by atoms with Crippen LogP contribution in [0.1, 0.15) is 20.9 Å². The highest BCUT2D eigenvalue weighted by molar-refractivity contribution is 7.17. The Kier molecular flexibility index (Phi) is 3.96. The Hall–Kier alpha value is -2.18. The largest absolute Gasteiger partial charge is 0.477 e. The molecule has 0 fully saturated rings. The van der Waals surface area contributed by atoms with E-state index in [9.17, 15) is 4.79 Å². The van der Waals surface area contributed by atoms with Crippen LogP contribution in [-0.4, -0.2) is 25.8 Å². The van der Waals surface area contributed by atoms with Crippen LogP contribution in [-0.2, 0) is 6.54 Å². The third-order valence-electron chi connectivity index (χ3n) is 3.08. The van der Waals surface area contributed by atoms with Crippen LogP contribution >= 0.6 is 22.9 Å². The zero-order valence-corrected chi connectivity index (χ0v) is 13.2. The van der Waals surface area contributed by atoms with Gasteiger partial charge in [0, 0.05) is 11.2 Å². The Morgan fingerprint density at radius 1 is 1.41 bits per heavy atom. The van der Waals surface area contributed by atoms with E-state index in [0.717, 1.165) is 16.9 Å². The molecule has 3 aromatic rings. The SMILES string of the molecule is Cc1nc(-c2ccn(Cc3cccc(Cl)c3)n2)sc1C(=O)O. The number of halogens is 1. The van der Waals surface area contributed by atoms with Crippen LogP contribution in [0.2, 0.25) is 5.02 Å². The number of benzene rings is 1. The summed E-state index contributed by atoms with van der Waals surface area (Å²) in [6.45, 7) is 2.28. The van der Waals surface area contributed by atoms with Crippen molar-refractivity contribution >= 4 is 28.9 Å². The van der Waals surface area contributed by atoms with Crippen molar-refractivity contribution in [1.29, 1.82) is 0 Å². The van der Waals surface area contributed by atoms with E-state index in [2.05, 4.69) is 10.1 Å². The number of thiazole rings is 1. The smallest absolute Gasteiger partial charge is 0.347 e. The molecule has 0 saturated carbocycles. The van der Waals surface area contributed by atoms with Crippen molar-refractivity contribution in [1.82, 2.24) is 14.8 Å². The van der Waals surface area contributed by atoms with Gasteiger partial charge in [-0.2, -0.15) is 5.10 Å². The molecule has 0 radical (unpaired) electrons. The van der Waals surface area contributed by atoms with E-state index >= 15 is 0 Å². The van der Waals surface area contributed by atoms with Crippen LogP contribution in [0, 0.1) is 6.92 Å². The molecule has 1 aromatic carbocycles. The molecule has 112 valence electrons. The van der Waals surface area contributed by atoms with E-state index < -0.39 is 5.97 Å². The van der Waals surface area contributed by atoms with E-state index in [1.807, 2.05) is 36.5 Å². The number of hydrogen-bond acceptors (Lipinski definition) is 4. The van der Waals surface area contributed by atoms with Gasteiger partial charge in [0.15, 0.2) is 0 Å². The number of nitrogens with zero attached hydrogens (tertiary/aromatic N) is 3. The normalized spacial score (nSPS) is 10.8. The fourth-order valence-electron chi connectivity index (χ4n) is 2.09. The average molecular weight is 334 g/mol. The average Bonchev–Trinajstić information content (AvgIpc) is 3.05. The molecule has 2 aromatic heterocycles. The molecule has 3 rings (SSSR count). The van der Waals surface area contributed by atoms with Crippen molar-refractivity contribution in [2.75, 3.05) is 0 Å². The first-order valence-corrected chi connectivity index (χ1v) is 7.71. The van der Waals surface area contributed by atoms with E-state index in [-0.39, 0.29) is 4.88 Å². The first-order chi connectivity index (χ1) is 10.5. The van der Waals surface area contributed by atoms with Crippen LogP contribution in [0.15, 0.2) is 36.5 Å². The molecule has 0 aliphatic carbocycles. The summed E-state index contributed by atoms with van der Waals surface area (Å²) in [5.74, 6) is -0.959. The Bertz CT molecular complexity index is 841. The lowest BCUT2D eigenvalue weighted by Gasteiger charge is -2.02. The topological polar surface area (TPSA) is 68.0 Å². The summed E-state index contributed by atoms with van der Waals surface area (Å²) < 4.78 is 1.78. The van der Waals surface area contributed by atoms with Crippen LogP contribution in [0.25, 0.3) is 10.7 Å². The van der Waals surface area contributed by atoms with Crippen LogP contribution < -0.4 is 0 Å². The van der Waals surface area contributed by atoms with Gasteiger partial charge in [0.1, 0.15) is 15.6 Å². The molecule has 0 unspecified atom stereocenters. The Balaban J connectivity index is 1.84. The van der Waals surface area contributed by atoms with Crippen LogP contribution in [0.5, 0.6) is 0 Å². The predicted molar refractivity (Wildman–Crippen MR) is 85.6 cm³/mol. The molecule has 1 N–H and O–H groups in total. The lowest BCUT2D eigenvalue weighted by molar-refractivity contribution is 0.0701. The molecular weight excluding hydrogens is 322 g/mol. The third kappa shape index (κ3) is 3.03. The molecule has 5 nitrogen and oxygen atoms in total. The maximum Gasteiger partial charge on any atom is 0.347 e. The van der Waals surface area contributed by atoms with Gasteiger partial charge in [-0.05, 0) is 30.7 Å². The van der Waals surface area contributed by atoms with Crippen LogP contribution in [0.4, 0.5) is 0 Å². The highest BCUT2D eigenvalue weighted by atomic mass is 35.5. The quantitative estimate of drug-likeness (QED) is 0.790. The molecule has 0 aliphatic rings. The van der Waals surface area contributed by atoms with Gasteiger partial charge in [0.2, 0.25) is 0 Å². The van der Waals surface area contributed by atoms with E-state index in [1.54, 1.807) is 11.6 Å². The van der Waals surface area contributed by atoms with Crippen molar-refractivity contribution in [2.45, 2.75) is 13.5 Å². The number of aromatic nitrogens is 3. The van der Waals surface area contributed by atoms with Gasteiger partial charge >= 0.3 is 5.97 Å². The maximum absolute atomic E-state index is 11.1. The van der Waals surface area contributed by atoms with Crippen molar-refractivity contribution < 1.29 is 9.90 Å². The van der Waals surface area contributed by atoms with Gasteiger partial charge in [-0.3, -0.25) is 4.68 Å². The second kappa shape index (κ2) is 5.90. The summed E-state index contributed by atoms with van der Waals surface area (Å²) in [6.07, 6.45) is 1.84. The molecule has 0 atom stereocenters. The first kappa shape index (κ1) is 14.7. The number of aryl methyl sites for hydroxylation is 1. The lowest BCUT2D eigenvalue weighted by atomic mass is 10.2. The Morgan fingerprint density at radius 3 is 2.91 bits per heavy atom. The minimum Gasteiger partial charge on any atom is -0.477 e. The fourth-order valence-corrected chi connectivity index (χ4v) is 3.17.